The molecule has 2 rings (SSSR count). The highest BCUT2D eigenvalue weighted by molar-refractivity contribution is 6.30. The highest BCUT2D eigenvalue weighted by atomic mass is 35.5. The van der Waals surface area contributed by atoms with E-state index >= 15 is 0 Å². The minimum atomic E-state index is -0.962. The molecule has 0 aliphatic carbocycles. The summed E-state index contributed by atoms with van der Waals surface area (Å²) in [6.45, 7) is 0. The third-order valence-corrected chi connectivity index (χ3v) is 3.34. The van der Waals surface area contributed by atoms with E-state index in [0.29, 0.717) is 22.0 Å². The molecule has 0 aromatic heterocycles. The van der Waals surface area contributed by atoms with Crippen LogP contribution in [0.1, 0.15) is 18.1 Å². The quantitative estimate of drug-likeness (QED) is 0.708. The van der Waals surface area contributed by atoms with Crippen LogP contribution in [-0.2, 0) is 4.79 Å². The van der Waals surface area contributed by atoms with Crippen LogP contribution in [0, 0.1) is 5.82 Å². The number of rotatable bonds is 6. The number of amides is 1. The summed E-state index contributed by atoms with van der Waals surface area (Å²) in [5.74, 6) is -0.624. The molecule has 2 aromatic rings. The van der Waals surface area contributed by atoms with Crippen LogP contribution < -0.4 is 15.6 Å². The summed E-state index contributed by atoms with van der Waals surface area (Å²) in [5.41, 5.74) is 5.88. The second-order valence-electron chi connectivity index (χ2n) is 4.82. The van der Waals surface area contributed by atoms with E-state index in [1.807, 2.05) is 0 Å². The monoisotopic (exact) mass is 338 g/mol. The Morgan fingerprint density at radius 3 is 2.65 bits per heavy atom. The lowest BCUT2D eigenvalue weighted by molar-refractivity contribution is -0.122. The van der Waals surface area contributed by atoms with Crippen LogP contribution in [0.4, 0.5) is 10.1 Å². The highest BCUT2D eigenvalue weighted by Crippen LogP contribution is 2.20. The minimum Gasteiger partial charge on any atom is -0.497 e. The zero-order chi connectivity index (χ0) is 16.8. The summed E-state index contributed by atoms with van der Waals surface area (Å²) in [7, 11) is 1.42. The lowest BCUT2D eigenvalue weighted by Gasteiger charge is -2.13. The number of carbonyl (C=O) groups excluding carboxylic acids is 1. The van der Waals surface area contributed by atoms with Gasteiger partial charge in [0.1, 0.15) is 11.6 Å². The molecule has 0 saturated heterocycles. The fourth-order valence-corrected chi connectivity index (χ4v) is 2.05. The second-order valence-corrected chi connectivity index (χ2v) is 5.26. The summed E-state index contributed by atoms with van der Waals surface area (Å²) in [6, 6.07) is 10.5. The molecule has 0 bridgehead atoms. The molecule has 7 heteroatoms. The van der Waals surface area contributed by atoms with Crippen molar-refractivity contribution in [3.8, 4) is 5.75 Å². The average Bonchev–Trinajstić information content (AvgIpc) is 2.53. The van der Waals surface area contributed by atoms with Crippen LogP contribution in [0.2, 0.25) is 5.02 Å². The maximum Gasteiger partial charge on any atom is 0.241 e. The van der Waals surface area contributed by atoms with Crippen molar-refractivity contribution in [2.45, 2.75) is 12.5 Å². The van der Waals surface area contributed by atoms with E-state index in [1.54, 1.807) is 24.3 Å². The van der Waals surface area contributed by atoms with E-state index in [1.165, 1.54) is 25.3 Å². The number of halogens is 2. The van der Waals surface area contributed by atoms with E-state index in [0.717, 1.165) is 0 Å². The molecule has 1 amide bonds. The zero-order valence-electron chi connectivity index (χ0n) is 12.3. The van der Waals surface area contributed by atoms with Crippen LogP contribution in [0.3, 0.4) is 0 Å². The van der Waals surface area contributed by atoms with Crippen molar-refractivity contribution in [2.24, 2.45) is 0 Å². The summed E-state index contributed by atoms with van der Waals surface area (Å²) in [6.07, 6.45) is -1.11. The summed E-state index contributed by atoms with van der Waals surface area (Å²) < 4.78 is 18.3. The molecule has 122 valence electrons. The first kappa shape index (κ1) is 17.1. The number of benzene rings is 2. The molecule has 5 nitrogen and oxygen atoms in total. The van der Waals surface area contributed by atoms with E-state index < -0.39 is 17.8 Å². The number of hydrazine groups is 1. The van der Waals surface area contributed by atoms with Crippen LogP contribution in [-0.4, -0.2) is 18.1 Å². The Morgan fingerprint density at radius 1 is 1.30 bits per heavy atom. The van der Waals surface area contributed by atoms with Gasteiger partial charge in [0.2, 0.25) is 5.91 Å². The van der Waals surface area contributed by atoms with Crippen LogP contribution in [0.5, 0.6) is 5.75 Å². The highest BCUT2D eigenvalue weighted by Gasteiger charge is 2.13. The largest absolute Gasteiger partial charge is 0.497 e. The molecular weight excluding hydrogens is 323 g/mol. The van der Waals surface area contributed by atoms with Crippen molar-refractivity contribution in [1.82, 2.24) is 5.43 Å². The first-order valence-electron chi connectivity index (χ1n) is 6.81. The van der Waals surface area contributed by atoms with Crippen molar-refractivity contribution in [3.63, 3.8) is 0 Å². The van der Waals surface area contributed by atoms with Crippen molar-refractivity contribution in [2.75, 3.05) is 12.5 Å². The molecule has 2 aromatic carbocycles. The van der Waals surface area contributed by atoms with Crippen molar-refractivity contribution in [3.05, 3.63) is 58.9 Å². The Kier molecular flexibility index (Phi) is 5.78. The number of nitrogens with one attached hydrogen (secondary N) is 2. The van der Waals surface area contributed by atoms with Crippen molar-refractivity contribution < 1.29 is 19.0 Å². The van der Waals surface area contributed by atoms with Gasteiger partial charge in [-0.05, 0) is 23.8 Å². The van der Waals surface area contributed by atoms with Gasteiger partial charge in [-0.3, -0.25) is 15.6 Å². The predicted molar refractivity (Wildman–Crippen MR) is 85.7 cm³/mol. The van der Waals surface area contributed by atoms with Crippen LogP contribution in [0.25, 0.3) is 0 Å². The molecule has 0 saturated carbocycles. The topological polar surface area (TPSA) is 70.6 Å². The molecule has 0 aliphatic rings. The van der Waals surface area contributed by atoms with E-state index in [9.17, 15) is 14.3 Å². The maximum atomic E-state index is 13.3. The molecule has 0 spiro atoms. The fourth-order valence-electron chi connectivity index (χ4n) is 1.92. The second kappa shape index (κ2) is 7.80. The molecule has 23 heavy (non-hydrogen) atoms. The number of aliphatic hydroxyl groups excluding tert-OH is 1. The average molecular weight is 339 g/mol. The van der Waals surface area contributed by atoms with Gasteiger partial charge in [-0.15, -0.1) is 0 Å². The fraction of sp³-hybridized carbons (Fsp3) is 0.188. The number of hydrogen-bond donors (Lipinski definition) is 3. The number of carbonyl (C=O) groups is 1. The molecule has 3 N–H and O–H groups in total. The molecule has 1 unspecified atom stereocenters. The summed E-state index contributed by atoms with van der Waals surface area (Å²) >= 11 is 5.77. The zero-order valence-corrected chi connectivity index (χ0v) is 13.1. The molecule has 0 fully saturated rings. The van der Waals surface area contributed by atoms with Gasteiger partial charge >= 0.3 is 0 Å². The molecule has 0 radical (unpaired) electrons. The predicted octanol–water partition coefficient (Wildman–Crippen LogP) is 3.05. The van der Waals surface area contributed by atoms with E-state index in [-0.39, 0.29) is 6.42 Å². The number of ether oxygens (including phenoxy) is 1. The van der Waals surface area contributed by atoms with Gasteiger partial charge < -0.3 is 9.84 Å². The summed E-state index contributed by atoms with van der Waals surface area (Å²) in [4.78, 5) is 11.8. The number of methoxy groups -OCH3 is 1. The normalized spacial score (nSPS) is 11.7. The Labute approximate surface area is 138 Å². The van der Waals surface area contributed by atoms with Gasteiger partial charge in [-0.25, -0.2) is 4.39 Å². The minimum absolute atomic E-state index is 0.152. The maximum absolute atomic E-state index is 13.3. The van der Waals surface area contributed by atoms with Crippen LogP contribution in [0.15, 0.2) is 42.5 Å². The first-order chi connectivity index (χ1) is 11.0. The Bertz CT molecular complexity index is 680. The van der Waals surface area contributed by atoms with Gasteiger partial charge in [0.25, 0.3) is 0 Å². The van der Waals surface area contributed by atoms with E-state index in [4.69, 9.17) is 16.3 Å². The van der Waals surface area contributed by atoms with Crippen molar-refractivity contribution in [1.29, 1.82) is 0 Å². The number of aliphatic hydroxyl groups is 1. The molecule has 1 atom stereocenters. The lowest BCUT2D eigenvalue weighted by atomic mass is 10.1. The van der Waals surface area contributed by atoms with E-state index in [2.05, 4.69) is 10.9 Å². The molecular formula is C16H16ClFN2O3. The number of hydrogen-bond acceptors (Lipinski definition) is 4. The Balaban J connectivity index is 1.89. The Morgan fingerprint density at radius 2 is 2.00 bits per heavy atom. The SMILES string of the molecule is COc1cc(F)cc(NNC(=O)CC(O)c2ccc(Cl)cc2)c1. The van der Waals surface area contributed by atoms with Gasteiger partial charge in [-0.2, -0.15) is 0 Å². The third-order valence-electron chi connectivity index (χ3n) is 3.09. The van der Waals surface area contributed by atoms with Gasteiger partial charge in [0.15, 0.2) is 0 Å². The summed E-state index contributed by atoms with van der Waals surface area (Å²) in [5, 5.41) is 10.5. The standard InChI is InChI=1S/C16H16ClFN2O3/c1-23-14-7-12(18)6-13(8-14)19-20-16(22)9-15(21)10-2-4-11(17)5-3-10/h2-8,15,19,21H,9H2,1H3,(H,20,22). The first-order valence-corrected chi connectivity index (χ1v) is 7.18. The number of anilines is 1. The van der Waals surface area contributed by atoms with Crippen molar-refractivity contribution >= 4 is 23.2 Å². The van der Waals surface area contributed by atoms with Gasteiger partial charge in [-0.1, -0.05) is 23.7 Å². The van der Waals surface area contributed by atoms with Gasteiger partial charge in [0.05, 0.1) is 25.3 Å². The van der Waals surface area contributed by atoms with Gasteiger partial charge in [0, 0.05) is 17.2 Å². The molecule has 0 aliphatic heterocycles. The van der Waals surface area contributed by atoms with Crippen LogP contribution >= 0.6 is 11.6 Å². The smallest absolute Gasteiger partial charge is 0.241 e. The molecule has 0 heterocycles. The lowest BCUT2D eigenvalue weighted by Crippen LogP contribution is -2.30. The third kappa shape index (κ3) is 5.12. The Hall–Kier alpha value is -2.31.